The Bertz CT molecular complexity index is 571. The van der Waals surface area contributed by atoms with E-state index < -0.39 is 35.2 Å². The SMILES string of the molecule is O=C(O)c1cc(C(F)(F)F)ccc1NC(=O)C1CSCN1. The van der Waals surface area contributed by atoms with Gasteiger partial charge >= 0.3 is 12.1 Å². The number of benzene rings is 1. The van der Waals surface area contributed by atoms with Gasteiger partial charge in [0.05, 0.1) is 22.9 Å². The Morgan fingerprint density at radius 2 is 2.10 bits per heavy atom. The molecule has 0 aromatic heterocycles. The molecule has 1 amide bonds. The lowest BCUT2D eigenvalue weighted by Gasteiger charge is -2.14. The van der Waals surface area contributed by atoms with Gasteiger partial charge in [0, 0.05) is 11.6 Å². The van der Waals surface area contributed by atoms with Gasteiger partial charge in [0.2, 0.25) is 5.91 Å². The molecular weight excluding hydrogens is 309 g/mol. The Balaban J connectivity index is 2.26. The third kappa shape index (κ3) is 3.67. The number of aromatic carboxylic acids is 1. The van der Waals surface area contributed by atoms with E-state index >= 15 is 0 Å². The second-order valence-electron chi connectivity index (χ2n) is 4.32. The summed E-state index contributed by atoms with van der Waals surface area (Å²) in [5.41, 5.74) is -1.82. The van der Waals surface area contributed by atoms with E-state index in [0.717, 1.165) is 12.1 Å². The molecule has 1 atom stereocenters. The van der Waals surface area contributed by atoms with Crippen molar-refractivity contribution in [3.05, 3.63) is 29.3 Å². The summed E-state index contributed by atoms with van der Waals surface area (Å²) in [4.78, 5) is 22.9. The standard InChI is InChI=1S/C12H11F3N2O3S/c13-12(14,15)6-1-2-8(7(3-6)11(19)20)17-10(18)9-4-21-5-16-9/h1-3,9,16H,4-5H2,(H,17,18)(H,19,20). The first-order chi connectivity index (χ1) is 9.79. The molecule has 0 spiro atoms. The zero-order chi connectivity index (χ0) is 15.6. The second-order valence-corrected chi connectivity index (χ2v) is 5.35. The minimum atomic E-state index is -4.64. The lowest BCUT2D eigenvalue weighted by Crippen LogP contribution is -2.37. The molecule has 0 saturated carbocycles. The van der Waals surface area contributed by atoms with Crippen LogP contribution in [0.15, 0.2) is 18.2 Å². The van der Waals surface area contributed by atoms with E-state index in [1.807, 2.05) is 0 Å². The van der Waals surface area contributed by atoms with E-state index in [1.165, 1.54) is 11.8 Å². The number of halogens is 3. The van der Waals surface area contributed by atoms with Crippen LogP contribution in [-0.4, -0.2) is 34.7 Å². The maximum Gasteiger partial charge on any atom is 0.416 e. The Hall–Kier alpha value is -1.74. The monoisotopic (exact) mass is 320 g/mol. The molecule has 9 heteroatoms. The fourth-order valence-electron chi connectivity index (χ4n) is 1.79. The number of anilines is 1. The molecule has 1 heterocycles. The van der Waals surface area contributed by atoms with Gasteiger partial charge in [-0.05, 0) is 18.2 Å². The van der Waals surface area contributed by atoms with E-state index in [-0.39, 0.29) is 5.69 Å². The van der Waals surface area contributed by atoms with Gasteiger partial charge in [0.25, 0.3) is 0 Å². The van der Waals surface area contributed by atoms with Crippen molar-refractivity contribution in [1.29, 1.82) is 0 Å². The molecule has 0 radical (unpaired) electrons. The Labute approximate surface area is 121 Å². The van der Waals surface area contributed by atoms with Crippen LogP contribution in [0.5, 0.6) is 0 Å². The van der Waals surface area contributed by atoms with Crippen LogP contribution in [0.4, 0.5) is 18.9 Å². The molecule has 0 aliphatic carbocycles. The predicted molar refractivity (Wildman–Crippen MR) is 71.3 cm³/mol. The van der Waals surface area contributed by atoms with Gasteiger partial charge in [0.1, 0.15) is 0 Å². The topological polar surface area (TPSA) is 78.4 Å². The molecule has 21 heavy (non-hydrogen) atoms. The lowest BCUT2D eigenvalue weighted by molar-refractivity contribution is -0.137. The van der Waals surface area contributed by atoms with Gasteiger partial charge in [0.15, 0.2) is 0 Å². The maximum atomic E-state index is 12.6. The molecule has 114 valence electrons. The van der Waals surface area contributed by atoms with Crippen LogP contribution in [0.1, 0.15) is 15.9 Å². The molecule has 1 aromatic rings. The first-order valence-corrected chi connectivity index (χ1v) is 7.01. The molecule has 1 aliphatic heterocycles. The fraction of sp³-hybridized carbons (Fsp3) is 0.333. The van der Waals surface area contributed by atoms with Crippen LogP contribution >= 0.6 is 11.8 Å². The van der Waals surface area contributed by atoms with Gasteiger partial charge < -0.3 is 10.4 Å². The van der Waals surface area contributed by atoms with Crippen molar-refractivity contribution in [2.45, 2.75) is 12.2 Å². The van der Waals surface area contributed by atoms with E-state index in [9.17, 15) is 22.8 Å². The van der Waals surface area contributed by atoms with E-state index in [2.05, 4.69) is 10.6 Å². The first kappa shape index (κ1) is 15.6. The highest BCUT2D eigenvalue weighted by atomic mass is 32.2. The van der Waals surface area contributed by atoms with Crippen LogP contribution in [0.3, 0.4) is 0 Å². The highest BCUT2D eigenvalue weighted by Gasteiger charge is 2.32. The number of hydrogen-bond donors (Lipinski definition) is 3. The number of carbonyl (C=O) groups excluding carboxylic acids is 1. The summed E-state index contributed by atoms with van der Waals surface area (Å²) in [6, 6.07) is 1.71. The summed E-state index contributed by atoms with van der Waals surface area (Å²) in [6.07, 6.45) is -4.64. The van der Waals surface area contributed by atoms with Gasteiger partial charge in [-0.2, -0.15) is 13.2 Å². The van der Waals surface area contributed by atoms with Crippen LogP contribution in [0.25, 0.3) is 0 Å². The van der Waals surface area contributed by atoms with Crippen molar-refractivity contribution < 1.29 is 27.9 Å². The number of alkyl halides is 3. The molecule has 1 saturated heterocycles. The molecule has 5 nitrogen and oxygen atoms in total. The van der Waals surface area contributed by atoms with Crippen LogP contribution < -0.4 is 10.6 Å². The Kier molecular flexibility index (Phi) is 4.43. The quantitative estimate of drug-likeness (QED) is 0.794. The average molecular weight is 320 g/mol. The van der Waals surface area contributed by atoms with Crippen molar-refractivity contribution >= 4 is 29.3 Å². The highest BCUT2D eigenvalue weighted by molar-refractivity contribution is 7.99. The van der Waals surface area contributed by atoms with Crippen molar-refractivity contribution in [1.82, 2.24) is 5.32 Å². The molecule has 1 aliphatic rings. The number of rotatable bonds is 3. The molecule has 2 rings (SSSR count). The average Bonchev–Trinajstić information content (AvgIpc) is 2.91. The summed E-state index contributed by atoms with van der Waals surface area (Å²) >= 11 is 1.50. The summed E-state index contributed by atoms with van der Waals surface area (Å²) in [6.45, 7) is 0. The van der Waals surface area contributed by atoms with Crippen molar-refractivity contribution in [3.8, 4) is 0 Å². The fourth-order valence-corrected chi connectivity index (χ4v) is 2.73. The van der Waals surface area contributed by atoms with E-state index in [0.29, 0.717) is 17.7 Å². The molecule has 1 aromatic carbocycles. The van der Waals surface area contributed by atoms with Crippen LogP contribution in [-0.2, 0) is 11.0 Å². The smallest absolute Gasteiger partial charge is 0.416 e. The zero-order valence-corrected chi connectivity index (χ0v) is 11.3. The van der Waals surface area contributed by atoms with Crippen LogP contribution in [0, 0.1) is 0 Å². The highest BCUT2D eigenvalue weighted by Crippen LogP contribution is 2.32. The number of amides is 1. The van der Waals surface area contributed by atoms with E-state index in [1.54, 1.807) is 0 Å². The summed E-state index contributed by atoms with van der Waals surface area (Å²) < 4.78 is 37.7. The molecule has 1 unspecified atom stereocenters. The van der Waals surface area contributed by atoms with Gasteiger partial charge in [-0.3, -0.25) is 10.1 Å². The second kappa shape index (κ2) is 5.94. The molecule has 3 N–H and O–H groups in total. The molecule has 1 fully saturated rings. The Morgan fingerprint density at radius 1 is 1.38 bits per heavy atom. The number of nitrogens with one attached hydrogen (secondary N) is 2. The lowest BCUT2D eigenvalue weighted by atomic mass is 10.1. The first-order valence-electron chi connectivity index (χ1n) is 5.85. The van der Waals surface area contributed by atoms with Crippen molar-refractivity contribution in [2.75, 3.05) is 16.9 Å². The number of thioether (sulfide) groups is 1. The van der Waals surface area contributed by atoms with Gasteiger partial charge in [-0.1, -0.05) is 0 Å². The summed E-state index contributed by atoms with van der Waals surface area (Å²) in [7, 11) is 0. The summed E-state index contributed by atoms with van der Waals surface area (Å²) in [5.74, 6) is -0.890. The molecule has 0 bridgehead atoms. The number of hydrogen-bond acceptors (Lipinski definition) is 4. The number of carboxylic acid groups (broad SMARTS) is 1. The number of carbonyl (C=O) groups is 2. The minimum absolute atomic E-state index is 0.154. The van der Waals surface area contributed by atoms with Crippen molar-refractivity contribution in [3.63, 3.8) is 0 Å². The van der Waals surface area contributed by atoms with Gasteiger partial charge in [-0.15, -0.1) is 11.8 Å². The molecular formula is C12H11F3N2O3S. The normalized spacial score (nSPS) is 18.5. The van der Waals surface area contributed by atoms with Crippen LogP contribution in [0.2, 0.25) is 0 Å². The van der Waals surface area contributed by atoms with E-state index in [4.69, 9.17) is 5.11 Å². The third-order valence-corrected chi connectivity index (χ3v) is 3.81. The maximum absolute atomic E-state index is 12.6. The summed E-state index contributed by atoms with van der Waals surface area (Å²) in [5, 5.41) is 14.2. The largest absolute Gasteiger partial charge is 0.478 e. The van der Waals surface area contributed by atoms with Crippen molar-refractivity contribution in [2.24, 2.45) is 0 Å². The Morgan fingerprint density at radius 3 is 2.62 bits per heavy atom. The third-order valence-electron chi connectivity index (χ3n) is 2.87. The predicted octanol–water partition coefficient (Wildman–Crippen LogP) is 2.00. The number of carboxylic acids is 1. The van der Waals surface area contributed by atoms with Gasteiger partial charge in [-0.25, -0.2) is 4.79 Å². The minimum Gasteiger partial charge on any atom is -0.478 e. The zero-order valence-electron chi connectivity index (χ0n) is 10.5.